The third-order valence-corrected chi connectivity index (χ3v) is 3.20. The first-order chi connectivity index (χ1) is 10.6. The molecule has 2 aromatic rings. The second-order valence-electron chi connectivity index (χ2n) is 4.69. The first-order valence-electron chi connectivity index (χ1n) is 6.88. The van der Waals surface area contributed by atoms with Gasteiger partial charge in [0.15, 0.2) is 0 Å². The van der Waals surface area contributed by atoms with Gasteiger partial charge in [0.25, 0.3) is 5.91 Å². The van der Waals surface area contributed by atoms with Crippen molar-refractivity contribution in [1.82, 2.24) is 5.32 Å². The number of amides is 2. The maximum atomic E-state index is 12.1. The fourth-order valence-electron chi connectivity index (χ4n) is 2.08. The lowest BCUT2D eigenvalue weighted by atomic mass is 10.1. The molecule has 0 unspecified atom stereocenters. The molecular weight excluding hydrogens is 280 g/mol. The first kappa shape index (κ1) is 15.6. The van der Waals surface area contributed by atoms with Crippen LogP contribution in [0.25, 0.3) is 0 Å². The number of rotatable bonds is 5. The number of para-hydroxylation sites is 1. The van der Waals surface area contributed by atoms with Crippen LogP contribution in [0.15, 0.2) is 48.5 Å². The molecule has 0 atom stereocenters. The molecule has 0 saturated carbocycles. The summed E-state index contributed by atoms with van der Waals surface area (Å²) in [5.74, 6) is 0.386. The van der Waals surface area contributed by atoms with Crippen LogP contribution in [0.1, 0.15) is 15.9 Å². The van der Waals surface area contributed by atoms with Crippen molar-refractivity contribution in [1.29, 1.82) is 0 Å². The first-order valence-corrected chi connectivity index (χ1v) is 6.88. The van der Waals surface area contributed by atoms with Crippen LogP contribution in [-0.2, 0) is 11.2 Å². The molecule has 0 aliphatic carbocycles. The zero-order chi connectivity index (χ0) is 15.9. The van der Waals surface area contributed by atoms with Gasteiger partial charge in [-0.1, -0.05) is 18.2 Å². The summed E-state index contributed by atoms with van der Waals surface area (Å²) in [6.45, 7) is 0. The van der Waals surface area contributed by atoms with Crippen molar-refractivity contribution in [2.45, 2.75) is 6.42 Å². The average molecular weight is 298 g/mol. The SMILES string of the molecule is CNC(=O)c1ccc(NC(=O)Cc2ccccc2OC)cc1. The standard InChI is InChI=1S/C17H18N2O3/c1-18-17(21)12-7-9-14(10-8-12)19-16(20)11-13-5-3-4-6-15(13)22-2/h3-10H,11H2,1-2H3,(H,18,21)(H,19,20). The molecule has 0 aromatic heterocycles. The molecule has 0 fully saturated rings. The minimum atomic E-state index is -0.160. The fraction of sp³-hybridized carbons (Fsp3) is 0.176. The van der Waals surface area contributed by atoms with E-state index in [2.05, 4.69) is 10.6 Å². The quantitative estimate of drug-likeness (QED) is 0.889. The number of anilines is 1. The molecule has 2 rings (SSSR count). The Labute approximate surface area is 129 Å². The van der Waals surface area contributed by atoms with Gasteiger partial charge < -0.3 is 15.4 Å². The summed E-state index contributed by atoms with van der Waals surface area (Å²) in [5, 5.41) is 5.35. The van der Waals surface area contributed by atoms with Crippen molar-refractivity contribution < 1.29 is 14.3 Å². The van der Waals surface area contributed by atoms with Gasteiger partial charge in [-0.15, -0.1) is 0 Å². The molecule has 114 valence electrons. The van der Waals surface area contributed by atoms with E-state index in [-0.39, 0.29) is 18.2 Å². The molecule has 0 aliphatic rings. The van der Waals surface area contributed by atoms with Crippen molar-refractivity contribution in [2.75, 3.05) is 19.5 Å². The van der Waals surface area contributed by atoms with Crippen LogP contribution in [-0.4, -0.2) is 26.0 Å². The Balaban J connectivity index is 2.01. The smallest absolute Gasteiger partial charge is 0.251 e. The Morgan fingerprint density at radius 3 is 2.36 bits per heavy atom. The monoisotopic (exact) mass is 298 g/mol. The van der Waals surface area contributed by atoms with Crippen LogP contribution in [0.5, 0.6) is 5.75 Å². The van der Waals surface area contributed by atoms with Crippen LogP contribution in [0.2, 0.25) is 0 Å². The summed E-state index contributed by atoms with van der Waals surface area (Å²) in [6.07, 6.45) is 0.223. The van der Waals surface area contributed by atoms with Gasteiger partial charge in [-0.3, -0.25) is 9.59 Å². The lowest BCUT2D eigenvalue weighted by Crippen LogP contribution is -2.18. The second-order valence-corrected chi connectivity index (χ2v) is 4.69. The molecule has 2 aromatic carbocycles. The topological polar surface area (TPSA) is 67.4 Å². The molecule has 5 heteroatoms. The maximum absolute atomic E-state index is 12.1. The van der Waals surface area contributed by atoms with E-state index >= 15 is 0 Å². The number of carbonyl (C=O) groups excluding carboxylic acids is 2. The van der Waals surface area contributed by atoms with Gasteiger partial charge in [0.05, 0.1) is 13.5 Å². The van der Waals surface area contributed by atoms with Gasteiger partial charge in [-0.25, -0.2) is 0 Å². The lowest BCUT2D eigenvalue weighted by molar-refractivity contribution is -0.115. The predicted octanol–water partition coefficient (Wildman–Crippen LogP) is 2.24. The summed E-state index contributed by atoms with van der Waals surface area (Å²) in [7, 11) is 3.15. The number of hydrogen-bond acceptors (Lipinski definition) is 3. The molecule has 5 nitrogen and oxygen atoms in total. The Morgan fingerprint density at radius 2 is 1.73 bits per heavy atom. The molecular formula is C17H18N2O3. The van der Waals surface area contributed by atoms with Crippen molar-refractivity contribution in [2.24, 2.45) is 0 Å². The minimum absolute atomic E-state index is 0.141. The van der Waals surface area contributed by atoms with Crippen molar-refractivity contribution in [3.05, 3.63) is 59.7 Å². The van der Waals surface area contributed by atoms with E-state index in [1.807, 2.05) is 24.3 Å². The largest absolute Gasteiger partial charge is 0.496 e. The van der Waals surface area contributed by atoms with Gasteiger partial charge in [0.1, 0.15) is 5.75 Å². The number of ether oxygens (including phenoxy) is 1. The zero-order valence-corrected chi connectivity index (χ0v) is 12.6. The number of nitrogens with one attached hydrogen (secondary N) is 2. The minimum Gasteiger partial charge on any atom is -0.496 e. The van der Waals surface area contributed by atoms with E-state index < -0.39 is 0 Å². The van der Waals surface area contributed by atoms with Crippen molar-refractivity contribution in [3.63, 3.8) is 0 Å². The van der Waals surface area contributed by atoms with Crippen LogP contribution in [0.4, 0.5) is 5.69 Å². The van der Waals surface area contributed by atoms with Gasteiger partial charge in [-0.05, 0) is 30.3 Å². The third kappa shape index (κ3) is 3.85. The maximum Gasteiger partial charge on any atom is 0.251 e. The van der Waals surface area contributed by atoms with Crippen molar-refractivity contribution >= 4 is 17.5 Å². The van der Waals surface area contributed by atoms with Gasteiger partial charge in [0, 0.05) is 23.9 Å². The molecule has 22 heavy (non-hydrogen) atoms. The highest BCUT2D eigenvalue weighted by atomic mass is 16.5. The van der Waals surface area contributed by atoms with E-state index in [1.54, 1.807) is 38.4 Å². The molecule has 0 radical (unpaired) electrons. The number of benzene rings is 2. The van der Waals surface area contributed by atoms with Gasteiger partial charge in [-0.2, -0.15) is 0 Å². The van der Waals surface area contributed by atoms with E-state index in [0.717, 1.165) is 5.56 Å². The zero-order valence-electron chi connectivity index (χ0n) is 12.6. The van der Waals surface area contributed by atoms with E-state index in [4.69, 9.17) is 4.74 Å². The number of carbonyl (C=O) groups is 2. The molecule has 0 heterocycles. The molecule has 0 bridgehead atoms. The van der Waals surface area contributed by atoms with Crippen LogP contribution < -0.4 is 15.4 Å². The fourth-order valence-corrected chi connectivity index (χ4v) is 2.08. The van der Waals surface area contributed by atoms with Gasteiger partial charge >= 0.3 is 0 Å². The third-order valence-electron chi connectivity index (χ3n) is 3.20. The summed E-state index contributed by atoms with van der Waals surface area (Å²) in [5.41, 5.74) is 2.02. The van der Waals surface area contributed by atoms with Crippen LogP contribution in [0.3, 0.4) is 0 Å². The Morgan fingerprint density at radius 1 is 1.05 bits per heavy atom. The summed E-state index contributed by atoms with van der Waals surface area (Å²) in [6, 6.07) is 14.1. The average Bonchev–Trinajstić information content (AvgIpc) is 2.55. The highest BCUT2D eigenvalue weighted by Crippen LogP contribution is 2.18. The second kappa shape index (κ2) is 7.26. The van der Waals surface area contributed by atoms with Crippen LogP contribution >= 0.6 is 0 Å². The van der Waals surface area contributed by atoms with Gasteiger partial charge in [0.2, 0.25) is 5.91 Å². The van der Waals surface area contributed by atoms with E-state index in [0.29, 0.717) is 17.0 Å². The van der Waals surface area contributed by atoms with E-state index in [9.17, 15) is 9.59 Å². The highest BCUT2D eigenvalue weighted by molar-refractivity contribution is 5.96. The number of hydrogen-bond donors (Lipinski definition) is 2. The molecule has 0 aliphatic heterocycles. The summed E-state index contributed by atoms with van der Waals surface area (Å²) < 4.78 is 5.23. The normalized spacial score (nSPS) is 9.91. The number of methoxy groups -OCH3 is 1. The lowest BCUT2D eigenvalue weighted by Gasteiger charge is -2.09. The van der Waals surface area contributed by atoms with Crippen molar-refractivity contribution in [3.8, 4) is 5.75 Å². The molecule has 2 N–H and O–H groups in total. The molecule has 0 saturated heterocycles. The molecule has 2 amide bonds. The predicted molar refractivity (Wildman–Crippen MR) is 85.2 cm³/mol. The Bertz CT molecular complexity index is 666. The van der Waals surface area contributed by atoms with E-state index in [1.165, 1.54) is 0 Å². The van der Waals surface area contributed by atoms with Crippen LogP contribution in [0, 0.1) is 0 Å². The Hall–Kier alpha value is -2.82. The molecule has 0 spiro atoms. The highest BCUT2D eigenvalue weighted by Gasteiger charge is 2.09. The summed E-state index contributed by atoms with van der Waals surface area (Å²) >= 11 is 0. The Kier molecular flexibility index (Phi) is 5.14. The summed E-state index contributed by atoms with van der Waals surface area (Å²) in [4.78, 5) is 23.5.